The number of rotatable bonds is 6. The predicted molar refractivity (Wildman–Crippen MR) is 100.0 cm³/mol. The molecule has 3 rings (SSSR count). The van der Waals surface area contributed by atoms with Gasteiger partial charge in [-0.2, -0.15) is 0 Å². The molecule has 2 unspecified atom stereocenters. The van der Waals surface area contributed by atoms with E-state index in [0.29, 0.717) is 45.3 Å². The standard InChI is InChI=1S/C19H32N4O4/c24-17(22-9-11-27-12-10-22)5-6-18(25)23-8-2-3-15(14-23)13-21-19(26)16-4-1-7-20-16/h15-16,20H,1-14H2,(H,21,26). The van der Waals surface area contributed by atoms with E-state index in [1.807, 2.05) is 4.90 Å². The van der Waals surface area contributed by atoms with Gasteiger partial charge in [0.05, 0.1) is 19.3 Å². The number of carbonyl (C=O) groups is 3. The van der Waals surface area contributed by atoms with Gasteiger partial charge in [0.25, 0.3) is 0 Å². The zero-order valence-electron chi connectivity index (χ0n) is 16.1. The average molecular weight is 380 g/mol. The molecule has 0 aromatic carbocycles. The number of nitrogens with zero attached hydrogens (tertiary/aromatic N) is 2. The van der Waals surface area contributed by atoms with Crippen molar-refractivity contribution in [3.63, 3.8) is 0 Å². The third kappa shape index (κ3) is 5.90. The first-order valence-corrected chi connectivity index (χ1v) is 10.3. The van der Waals surface area contributed by atoms with Crippen LogP contribution < -0.4 is 10.6 Å². The summed E-state index contributed by atoms with van der Waals surface area (Å²) in [5, 5.41) is 6.24. The minimum atomic E-state index is -0.0578. The highest BCUT2D eigenvalue weighted by Crippen LogP contribution is 2.17. The molecule has 152 valence electrons. The molecule has 8 nitrogen and oxygen atoms in total. The van der Waals surface area contributed by atoms with Gasteiger partial charge < -0.3 is 25.2 Å². The first kappa shape index (κ1) is 20.1. The fourth-order valence-electron chi connectivity index (χ4n) is 4.08. The van der Waals surface area contributed by atoms with Crippen LogP contribution in [-0.2, 0) is 19.1 Å². The normalized spacial score (nSPS) is 26.1. The molecular formula is C19H32N4O4. The van der Waals surface area contributed by atoms with E-state index in [1.54, 1.807) is 4.90 Å². The van der Waals surface area contributed by atoms with Gasteiger partial charge in [0.1, 0.15) is 0 Å². The number of hydrogen-bond acceptors (Lipinski definition) is 5. The van der Waals surface area contributed by atoms with E-state index in [0.717, 1.165) is 38.8 Å². The highest BCUT2D eigenvalue weighted by Gasteiger charge is 2.27. The summed E-state index contributed by atoms with van der Waals surface area (Å²) in [7, 11) is 0. The molecule has 0 spiro atoms. The maximum Gasteiger partial charge on any atom is 0.237 e. The molecule has 0 radical (unpaired) electrons. The maximum atomic E-state index is 12.5. The Bertz CT molecular complexity index is 530. The number of piperidine rings is 1. The summed E-state index contributed by atoms with van der Waals surface area (Å²) in [5.74, 6) is 0.455. The lowest BCUT2D eigenvalue weighted by atomic mass is 9.97. The van der Waals surface area contributed by atoms with Gasteiger partial charge >= 0.3 is 0 Å². The highest BCUT2D eigenvalue weighted by molar-refractivity contribution is 5.84. The topological polar surface area (TPSA) is 91.0 Å². The Balaban J connectivity index is 1.37. The number of carbonyl (C=O) groups excluding carboxylic acids is 3. The van der Waals surface area contributed by atoms with Crippen LogP contribution in [0.3, 0.4) is 0 Å². The third-order valence-electron chi connectivity index (χ3n) is 5.73. The van der Waals surface area contributed by atoms with Crippen LogP contribution in [0.25, 0.3) is 0 Å². The second-order valence-corrected chi connectivity index (χ2v) is 7.74. The zero-order valence-corrected chi connectivity index (χ0v) is 16.1. The second-order valence-electron chi connectivity index (χ2n) is 7.74. The van der Waals surface area contributed by atoms with Gasteiger partial charge in [-0.15, -0.1) is 0 Å². The van der Waals surface area contributed by atoms with Gasteiger partial charge in [0.2, 0.25) is 17.7 Å². The monoisotopic (exact) mass is 380 g/mol. The number of hydrogen-bond donors (Lipinski definition) is 2. The van der Waals surface area contributed by atoms with E-state index in [4.69, 9.17) is 4.74 Å². The van der Waals surface area contributed by atoms with Crippen LogP contribution in [0.2, 0.25) is 0 Å². The van der Waals surface area contributed by atoms with Gasteiger partial charge in [0.15, 0.2) is 0 Å². The lowest BCUT2D eigenvalue weighted by Crippen LogP contribution is -2.47. The molecule has 3 heterocycles. The first-order valence-electron chi connectivity index (χ1n) is 10.3. The second kappa shape index (κ2) is 10.0. The molecular weight excluding hydrogens is 348 g/mol. The van der Waals surface area contributed by atoms with E-state index >= 15 is 0 Å². The Morgan fingerprint density at radius 2 is 1.70 bits per heavy atom. The smallest absolute Gasteiger partial charge is 0.237 e. The molecule has 2 atom stereocenters. The molecule has 0 aromatic rings. The van der Waals surface area contributed by atoms with Gasteiger partial charge in [-0.3, -0.25) is 14.4 Å². The fraction of sp³-hybridized carbons (Fsp3) is 0.842. The van der Waals surface area contributed by atoms with Crippen molar-refractivity contribution in [3.8, 4) is 0 Å². The van der Waals surface area contributed by atoms with Gasteiger partial charge in [-0.25, -0.2) is 0 Å². The molecule has 8 heteroatoms. The fourth-order valence-corrected chi connectivity index (χ4v) is 4.08. The molecule has 0 bridgehead atoms. The third-order valence-corrected chi connectivity index (χ3v) is 5.73. The maximum absolute atomic E-state index is 12.5. The van der Waals surface area contributed by atoms with Crippen LogP contribution in [0, 0.1) is 5.92 Å². The van der Waals surface area contributed by atoms with Crippen molar-refractivity contribution in [3.05, 3.63) is 0 Å². The van der Waals surface area contributed by atoms with Gasteiger partial charge in [-0.05, 0) is 38.1 Å². The first-order chi connectivity index (χ1) is 13.1. The van der Waals surface area contributed by atoms with Crippen molar-refractivity contribution in [1.82, 2.24) is 20.4 Å². The summed E-state index contributed by atoms with van der Waals surface area (Å²) in [6, 6.07) is -0.0578. The summed E-state index contributed by atoms with van der Waals surface area (Å²) >= 11 is 0. The lowest BCUT2D eigenvalue weighted by Gasteiger charge is -2.33. The Morgan fingerprint density at radius 1 is 0.963 bits per heavy atom. The minimum Gasteiger partial charge on any atom is -0.378 e. The number of likely N-dealkylation sites (tertiary alicyclic amines) is 1. The van der Waals surface area contributed by atoms with E-state index < -0.39 is 0 Å². The molecule has 3 aliphatic heterocycles. The molecule has 27 heavy (non-hydrogen) atoms. The van der Waals surface area contributed by atoms with Crippen LogP contribution in [0.4, 0.5) is 0 Å². The summed E-state index contributed by atoms with van der Waals surface area (Å²) in [5.41, 5.74) is 0. The highest BCUT2D eigenvalue weighted by atomic mass is 16.5. The van der Waals surface area contributed by atoms with Crippen molar-refractivity contribution >= 4 is 17.7 Å². The van der Waals surface area contributed by atoms with Gasteiger partial charge in [0, 0.05) is 45.6 Å². The van der Waals surface area contributed by atoms with Crippen molar-refractivity contribution < 1.29 is 19.1 Å². The molecule has 0 saturated carbocycles. The Morgan fingerprint density at radius 3 is 2.41 bits per heavy atom. The molecule has 3 saturated heterocycles. The van der Waals surface area contributed by atoms with Crippen LogP contribution in [0.5, 0.6) is 0 Å². The average Bonchev–Trinajstić information content (AvgIpc) is 3.26. The van der Waals surface area contributed by atoms with Crippen LogP contribution in [-0.4, -0.2) is 86.0 Å². The Kier molecular flexibility index (Phi) is 7.46. The van der Waals surface area contributed by atoms with Crippen LogP contribution in [0.1, 0.15) is 38.5 Å². The molecule has 3 aliphatic rings. The molecule has 3 amide bonds. The SMILES string of the molecule is O=C(NCC1CCCN(C(=O)CCC(=O)N2CCOCC2)C1)C1CCCN1. The van der Waals surface area contributed by atoms with E-state index in [1.165, 1.54) is 0 Å². The van der Waals surface area contributed by atoms with Crippen LogP contribution in [0.15, 0.2) is 0 Å². The Labute approximate surface area is 161 Å². The van der Waals surface area contributed by atoms with E-state index in [2.05, 4.69) is 10.6 Å². The zero-order chi connectivity index (χ0) is 19.1. The predicted octanol–water partition coefficient (Wildman–Crippen LogP) is -0.268. The van der Waals surface area contributed by atoms with Crippen molar-refractivity contribution in [2.24, 2.45) is 5.92 Å². The summed E-state index contributed by atoms with van der Waals surface area (Å²) < 4.78 is 5.25. The van der Waals surface area contributed by atoms with E-state index in [-0.39, 0.29) is 36.6 Å². The number of ether oxygens (including phenoxy) is 1. The van der Waals surface area contributed by atoms with Gasteiger partial charge in [-0.1, -0.05) is 0 Å². The van der Waals surface area contributed by atoms with E-state index in [9.17, 15) is 14.4 Å². The molecule has 3 fully saturated rings. The number of morpholine rings is 1. The van der Waals surface area contributed by atoms with Crippen molar-refractivity contribution in [1.29, 1.82) is 0 Å². The summed E-state index contributed by atoms with van der Waals surface area (Å²) in [6.07, 6.45) is 4.46. The summed E-state index contributed by atoms with van der Waals surface area (Å²) in [4.78, 5) is 40.5. The number of amides is 3. The summed E-state index contributed by atoms with van der Waals surface area (Å²) in [6.45, 7) is 5.34. The minimum absolute atomic E-state index is 0.0385. The largest absolute Gasteiger partial charge is 0.378 e. The molecule has 2 N–H and O–H groups in total. The number of nitrogens with one attached hydrogen (secondary N) is 2. The Hall–Kier alpha value is -1.67. The lowest BCUT2D eigenvalue weighted by molar-refractivity contribution is -0.140. The van der Waals surface area contributed by atoms with Crippen molar-refractivity contribution in [2.45, 2.75) is 44.6 Å². The molecule has 0 aromatic heterocycles. The van der Waals surface area contributed by atoms with Crippen molar-refractivity contribution in [2.75, 3.05) is 52.5 Å². The van der Waals surface area contributed by atoms with Crippen LogP contribution >= 0.6 is 0 Å². The molecule has 0 aliphatic carbocycles. The quantitative estimate of drug-likeness (QED) is 0.662.